The molecular weight excluding hydrogens is 368 g/mol. The summed E-state index contributed by atoms with van der Waals surface area (Å²) >= 11 is 7.67. The van der Waals surface area contributed by atoms with E-state index in [0.717, 1.165) is 35.8 Å². The highest BCUT2D eigenvalue weighted by Crippen LogP contribution is 2.29. The average molecular weight is 387 g/mol. The van der Waals surface area contributed by atoms with Gasteiger partial charge in [-0.1, -0.05) is 29.8 Å². The van der Waals surface area contributed by atoms with E-state index in [9.17, 15) is 4.79 Å². The van der Waals surface area contributed by atoms with E-state index in [1.807, 2.05) is 58.0 Å². The number of carbonyl (C=O) groups is 1. The smallest absolute Gasteiger partial charge is 0.232 e. The molecule has 1 saturated heterocycles. The molecule has 1 unspecified atom stereocenters. The second kappa shape index (κ2) is 7.68. The minimum atomic E-state index is 0.147. The highest BCUT2D eigenvalue weighted by atomic mass is 35.5. The molecule has 0 bridgehead atoms. The van der Waals surface area contributed by atoms with Gasteiger partial charge in [0.25, 0.3) is 0 Å². The van der Waals surface area contributed by atoms with Crippen LogP contribution in [0.15, 0.2) is 53.6 Å². The molecule has 1 aliphatic rings. The molecule has 0 N–H and O–H groups in total. The predicted molar refractivity (Wildman–Crippen MR) is 104 cm³/mol. The molecule has 1 amide bonds. The topological polar surface area (TPSA) is 50.5 Å². The number of carbonyl (C=O) groups excluding carboxylic acids is 1. The van der Waals surface area contributed by atoms with Crippen LogP contribution in [0.5, 0.6) is 0 Å². The summed E-state index contributed by atoms with van der Waals surface area (Å²) in [4.78, 5) is 15.6. The van der Waals surface area contributed by atoms with Gasteiger partial charge in [0.1, 0.15) is 5.82 Å². The summed E-state index contributed by atoms with van der Waals surface area (Å²) in [5.74, 6) is 1.71. The average Bonchev–Trinajstić information content (AvgIpc) is 3.11. The fraction of sp³-hybridized carbons (Fsp3) is 0.316. The predicted octanol–water partition coefficient (Wildman–Crippen LogP) is 3.88. The molecule has 0 spiro atoms. The van der Waals surface area contributed by atoms with Gasteiger partial charge >= 0.3 is 0 Å². The zero-order valence-electron chi connectivity index (χ0n) is 14.2. The number of amides is 1. The van der Waals surface area contributed by atoms with Gasteiger partial charge in [0.2, 0.25) is 5.91 Å². The quantitative estimate of drug-likeness (QED) is 0.638. The number of likely N-dealkylation sites (tertiary alicyclic amines) is 1. The molecule has 0 radical (unpaired) electrons. The van der Waals surface area contributed by atoms with Crippen molar-refractivity contribution in [3.05, 3.63) is 59.5 Å². The van der Waals surface area contributed by atoms with Gasteiger partial charge in [0.05, 0.1) is 10.8 Å². The Labute approximate surface area is 161 Å². The number of pyridine rings is 1. The van der Waals surface area contributed by atoms with Gasteiger partial charge < -0.3 is 4.90 Å². The van der Waals surface area contributed by atoms with E-state index in [4.69, 9.17) is 11.6 Å². The molecule has 134 valence electrons. The van der Waals surface area contributed by atoms with E-state index in [1.165, 1.54) is 11.8 Å². The molecule has 5 nitrogen and oxygen atoms in total. The van der Waals surface area contributed by atoms with Gasteiger partial charge in [-0.3, -0.25) is 9.20 Å². The van der Waals surface area contributed by atoms with Crippen LogP contribution in [0.2, 0.25) is 5.02 Å². The maximum Gasteiger partial charge on any atom is 0.232 e. The number of aromatic nitrogens is 3. The summed E-state index contributed by atoms with van der Waals surface area (Å²) in [6.45, 7) is 1.49. The second-order valence-electron chi connectivity index (χ2n) is 6.39. The van der Waals surface area contributed by atoms with Gasteiger partial charge in [0.15, 0.2) is 5.65 Å². The van der Waals surface area contributed by atoms with Crippen LogP contribution in [0.25, 0.3) is 5.65 Å². The molecule has 1 atom stereocenters. The van der Waals surface area contributed by atoms with Crippen molar-refractivity contribution in [3.63, 3.8) is 0 Å². The van der Waals surface area contributed by atoms with E-state index < -0.39 is 0 Å². The van der Waals surface area contributed by atoms with Crippen LogP contribution in [-0.4, -0.2) is 44.2 Å². The van der Waals surface area contributed by atoms with Crippen LogP contribution in [0.4, 0.5) is 0 Å². The lowest BCUT2D eigenvalue weighted by Gasteiger charge is -2.32. The van der Waals surface area contributed by atoms with Crippen LogP contribution < -0.4 is 0 Å². The zero-order chi connectivity index (χ0) is 17.9. The number of hydrogen-bond donors (Lipinski definition) is 0. The number of hydrogen-bond acceptors (Lipinski definition) is 4. The summed E-state index contributed by atoms with van der Waals surface area (Å²) in [6.07, 6.45) is 3.99. The first kappa shape index (κ1) is 17.4. The van der Waals surface area contributed by atoms with Crippen molar-refractivity contribution in [2.75, 3.05) is 18.8 Å². The van der Waals surface area contributed by atoms with E-state index in [2.05, 4.69) is 10.2 Å². The van der Waals surface area contributed by atoms with Crippen LogP contribution in [0.1, 0.15) is 24.6 Å². The van der Waals surface area contributed by atoms with Gasteiger partial charge in [-0.2, -0.15) is 0 Å². The number of thioether (sulfide) groups is 1. The fourth-order valence-corrected chi connectivity index (χ4v) is 4.49. The molecule has 0 saturated carbocycles. The third-order valence-electron chi connectivity index (χ3n) is 4.67. The number of rotatable bonds is 4. The van der Waals surface area contributed by atoms with E-state index in [0.29, 0.717) is 17.3 Å². The fourth-order valence-electron chi connectivity index (χ4n) is 3.35. The first-order valence-electron chi connectivity index (χ1n) is 8.67. The van der Waals surface area contributed by atoms with Crippen molar-refractivity contribution in [2.24, 2.45) is 0 Å². The van der Waals surface area contributed by atoms with Gasteiger partial charge in [-0.15, -0.1) is 22.0 Å². The maximum atomic E-state index is 12.7. The van der Waals surface area contributed by atoms with Crippen LogP contribution in [-0.2, 0) is 4.79 Å². The summed E-state index contributed by atoms with van der Waals surface area (Å²) in [7, 11) is 0. The molecule has 0 aliphatic carbocycles. The van der Waals surface area contributed by atoms with Gasteiger partial charge in [0, 0.05) is 30.1 Å². The van der Waals surface area contributed by atoms with Gasteiger partial charge in [-0.25, -0.2) is 0 Å². The monoisotopic (exact) mass is 386 g/mol. The Morgan fingerprint density at radius 2 is 2.04 bits per heavy atom. The highest BCUT2D eigenvalue weighted by Gasteiger charge is 2.27. The zero-order valence-corrected chi connectivity index (χ0v) is 15.8. The molecule has 1 aromatic carbocycles. The molecule has 7 heteroatoms. The van der Waals surface area contributed by atoms with Crippen molar-refractivity contribution in [1.82, 2.24) is 19.5 Å². The molecule has 2 aromatic heterocycles. The van der Waals surface area contributed by atoms with Crippen molar-refractivity contribution < 1.29 is 4.79 Å². The first-order chi connectivity index (χ1) is 12.7. The number of fused-ring (bicyclic) bond motifs is 1. The lowest BCUT2D eigenvalue weighted by molar-refractivity contribution is -0.129. The molecule has 3 heterocycles. The molecule has 1 fully saturated rings. The molecule has 3 aromatic rings. The van der Waals surface area contributed by atoms with E-state index in [1.54, 1.807) is 0 Å². The van der Waals surface area contributed by atoms with Gasteiger partial charge in [-0.05, 0) is 37.1 Å². The van der Waals surface area contributed by atoms with E-state index >= 15 is 0 Å². The summed E-state index contributed by atoms with van der Waals surface area (Å²) < 4.78 is 2.02. The highest BCUT2D eigenvalue weighted by molar-refractivity contribution is 8.00. The Morgan fingerprint density at radius 1 is 1.19 bits per heavy atom. The summed E-state index contributed by atoms with van der Waals surface area (Å²) in [5, 5.41) is 9.30. The normalized spacial score (nSPS) is 17.6. The minimum Gasteiger partial charge on any atom is -0.341 e. The molecular formula is C19H19ClN4OS. The standard InChI is InChI=1S/C19H19ClN4OS/c20-15-7-1-2-8-16(15)26-13-18(25)23-10-5-6-14(12-23)19-22-21-17-9-3-4-11-24(17)19/h1-4,7-9,11,14H,5-6,10,12-13H2. The number of piperidine rings is 1. The summed E-state index contributed by atoms with van der Waals surface area (Å²) in [5.41, 5.74) is 0.847. The van der Waals surface area contributed by atoms with Crippen LogP contribution >= 0.6 is 23.4 Å². The molecule has 4 rings (SSSR count). The number of nitrogens with zero attached hydrogens (tertiary/aromatic N) is 4. The first-order valence-corrected chi connectivity index (χ1v) is 10.0. The lowest BCUT2D eigenvalue weighted by atomic mass is 9.97. The SMILES string of the molecule is O=C(CSc1ccccc1Cl)N1CCCC(c2nnc3ccccn23)C1. The van der Waals surface area contributed by atoms with Crippen molar-refractivity contribution in [1.29, 1.82) is 0 Å². The molecule has 26 heavy (non-hydrogen) atoms. The van der Waals surface area contributed by atoms with Crippen LogP contribution in [0.3, 0.4) is 0 Å². The minimum absolute atomic E-state index is 0.147. The Hall–Kier alpha value is -2.05. The Kier molecular flexibility index (Phi) is 5.13. The third-order valence-corrected chi connectivity index (χ3v) is 6.17. The Morgan fingerprint density at radius 3 is 2.92 bits per heavy atom. The van der Waals surface area contributed by atoms with Crippen LogP contribution in [0, 0.1) is 0 Å². The number of halogens is 1. The largest absolute Gasteiger partial charge is 0.341 e. The Bertz CT molecular complexity index is 929. The van der Waals surface area contributed by atoms with E-state index in [-0.39, 0.29) is 11.8 Å². The lowest BCUT2D eigenvalue weighted by Crippen LogP contribution is -2.40. The number of benzene rings is 1. The maximum absolute atomic E-state index is 12.7. The summed E-state index contributed by atoms with van der Waals surface area (Å²) in [6, 6.07) is 13.5. The Balaban J connectivity index is 1.43. The molecule has 1 aliphatic heterocycles. The second-order valence-corrected chi connectivity index (χ2v) is 7.81. The van der Waals surface area contributed by atoms with Crippen molar-refractivity contribution in [2.45, 2.75) is 23.7 Å². The van der Waals surface area contributed by atoms with Crippen molar-refractivity contribution >= 4 is 34.9 Å². The third kappa shape index (κ3) is 3.57. The van der Waals surface area contributed by atoms with Crippen molar-refractivity contribution in [3.8, 4) is 0 Å².